The number of hydrogen-bond acceptors (Lipinski definition) is 5. The largest absolute Gasteiger partial charge is 0.391 e. The van der Waals surface area contributed by atoms with Gasteiger partial charge in [-0.1, -0.05) is 24.6 Å². The number of β-amino-alcohol motifs (C(OH)–C–C–N with tert-alkyl or cyclic N) is 1. The summed E-state index contributed by atoms with van der Waals surface area (Å²) in [5.74, 6) is -0.538. The Morgan fingerprint density at radius 1 is 1.12 bits per heavy atom. The van der Waals surface area contributed by atoms with Gasteiger partial charge >= 0.3 is 0 Å². The van der Waals surface area contributed by atoms with Crippen molar-refractivity contribution in [1.82, 2.24) is 9.29 Å². The lowest BCUT2D eigenvalue weighted by Crippen LogP contribution is -2.40. The van der Waals surface area contributed by atoms with Crippen molar-refractivity contribution in [1.29, 1.82) is 0 Å². The second-order valence-corrected chi connectivity index (χ2v) is 10.7. The molecular weight excluding hydrogens is 426 g/mol. The van der Waals surface area contributed by atoms with Crippen LogP contribution in [0.25, 0.3) is 22.2 Å². The van der Waals surface area contributed by atoms with Crippen LogP contribution in [0.4, 0.5) is 5.69 Å². The van der Waals surface area contributed by atoms with Crippen LogP contribution in [-0.2, 0) is 14.8 Å². The van der Waals surface area contributed by atoms with Crippen molar-refractivity contribution >= 4 is 32.5 Å². The van der Waals surface area contributed by atoms with E-state index in [1.165, 1.54) is 7.05 Å². The van der Waals surface area contributed by atoms with Crippen molar-refractivity contribution in [3.63, 3.8) is 0 Å². The number of hydrogen-bond donors (Lipinski definition) is 2. The average Bonchev–Trinajstić information content (AvgIpc) is 3.37. The zero-order valence-corrected chi connectivity index (χ0v) is 18.8. The van der Waals surface area contributed by atoms with Crippen LogP contribution in [0, 0.1) is 5.92 Å². The second-order valence-electron chi connectivity index (χ2n) is 8.78. The maximum Gasteiger partial charge on any atom is 0.266 e. The highest BCUT2D eigenvalue weighted by Crippen LogP contribution is 2.37. The van der Waals surface area contributed by atoms with E-state index in [0.717, 1.165) is 51.4 Å². The first-order valence-corrected chi connectivity index (χ1v) is 12.5. The molecule has 2 heterocycles. The molecule has 2 aromatic carbocycles. The molecule has 1 amide bonds. The van der Waals surface area contributed by atoms with E-state index >= 15 is 0 Å². The van der Waals surface area contributed by atoms with Gasteiger partial charge in [-0.05, 0) is 49.6 Å². The molecule has 1 aliphatic carbocycles. The summed E-state index contributed by atoms with van der Waals surface area (Å²) in [6.07, 6.45) is 2.72. The van der Waals surface area contributed by atoms with Gasteiger partial charge < -0.3 is 15.0 Å². The number of aromatic amines is 1. The molecule has 1 unspecified atom stereocenters. The molecule has 2 aliphatic rings. The summed E-state index contributed by atoms with van der Waals surface area (Å²) in [5.41, 5.74) is 3.36. The van der Waals surface area contributed by atoms with Crippen LogP contribution in [-0.4, -0.2) is 55.0 Å². The number of carbonyl (C=O) groups is 1. The number of aromatic nitrogens is 1. The molecule has 3 aromatic rings. The first kappa shape index (κ1) is 21.0. The molecule has 7 nitrogen and oxygen atoms in total. The SMILES string of the molecule is CN(C(=O)C1CCC1)S(=O)(=O)c1ccc(N2CCC(O)C2)c(-c2cc3ccccc3[nH]2)c1. The fourth-order valence-corrected chi connectivity index (χ4v) is 5.74. The number of fused-ring (bicyclic) bond motifs is 1. The Bertz CT molecular complexity index is 1250. The minimum absolute atomic E-state index is 0.0878. The third-order valence-electron chi connectivity index (χ3n) is 6.72. The minimum Gasteiger partial charge on any atom is -0.391 e. The number of benzene rings is 2. The van der Waals surface area contributed by atoms with Crippen LogP contribution in [0.2, 0.25) is 0 Å². The van der Waals surface area contributed by atoms with Crippen molar-refractivity contribution in [3.8, 4) is 11.3 Å². The van der Waals surface area contributed by atoms with E-state index < -0.39 is 16.1 Å². The van der Waals surface area contributed by atoms with Gasteiger partial charge in [-0.3, -0.25) is 4.79 Å². The Morgan fingerprint density at radius 2 is 1.91 bits per heavy atom. The summed E-state index contributed by atoms with van der Waals surface area (Å²) in [6, 6.07) is 14.9. The highest BCUT2D eigenvalue weighted by atomic mass is 32.2. The number of nitrogens with zero attached hydrogens (tertiary/aromatic N) is 2. The number of amides is 1. The summed E-state index contributed by atoms with van der Waals surface area (Å²) >= 11 is 0. The summed E-state index contributed by atoms with van der Waals surface area (Å²) in [4.78, 5) is 18.2. The Hall–Kier alpha value is -2.84. The van der Waals surface area contributed by atoms with Gasteiger partial charge in [0, 0.05) is 53.9 Å². The molecule has 1 atom stereocenters. The van der Waals surface area contributed by atoms with Crippen molar-refractivity contribution in [2.24, 2.45) is 5.92 Å². The van der Waals surface area contributed by atoms with E-state index in [1.807, 2.05) is 30.3 Å². The number of aliphatic hydroxyl groups is 1. The fourth-order valence-electron chi connectivity index (χ4n) is 4.54. The second kappa shape index (κ2) is 7.94. The number of aliphatic hydroxyl groups excluding tert-OH is 1. The topological polar surface area (TPSA) is 93.7 Å². The molecule has 0 radical (unpaired) electrons. The first-order chi connectivity index (χ1) is 15.3. The van der Waals surface area contributed by atoms with Crippen molar-refractivity contribution in [3.05, 3.63) is 48.5 Å². The molecule has 8 heteroatoms. The Balaban J connectivity index is 1.59. The standard InChI is InChI=1S/C24H27N3O4S/c1-26(24(29)16-6-4-7-16)32(30,31)19-9-10-23(27-12-11-18(28)15-27)20(14-19)22-13-17-5-2-3-8-21(17)25-22/h2-3,5,8-10,13-14,16,18,25,28H,4,6-7,11-12,15H2,1H3. The highest BCUT2D eigenvalue weighted by molar-refractivity contribution is 7.89. The Labute approximate surface area is 187 Å². The molecular formula is C24H27N3O4S. The Kier molecular flexibility index (Phi) is 5.22. The van der Waals surface area contributed by atoms with Crippen LogP contribution >= 0.6 is 0 Å². The zero-order valence-electron chi connectivity index (χ0n) is 18.0. The Morgan fingerprint density at radius 3 is 2.56 bits per heavy atom. The van der Waals surface area contributed by atoms with Gasteiger partial charge in [0.25, 0.3) is 10.0 Å². The monoisotopic (exact) mass is 453 g/mol. The predicted molar refractivity (Wildman–Crippen MR) is 124 cm³/mol. The van der Waals surface area contributed by atoms with Crippen LogP contribution in [0.1, 0.15) is 25.7 Å². The zero-order chi connectivity index (χ0) is 22.5. The number of para-hydroxylation sites is 1. The summed E-state index contributed by atoms with van der Waals surface area (Å²) in [7, 11) is -2.62. The molecule has 0 spiro atoms. The predicted octanol–water partition coefficient (Wildman–Crippen LogP) is 3.35. The van der Waals surface area contributed by atoms with Crippen molar-refractivity contribution in [2.75, 3.05) is 25.0 Å². The lowest BCUT2D eigenvalue weighted by molar-refractivity contribution is -0.132. The molecule has 5 rings (SSSR count). The number of H-pyrrole nitrogens is 1. The summed E-state index contributed by atoms with van der Waals surface area (Å²) in [5, 5.41) is 11.1. The molecule has 168 valence electrons. The normalized spacial score (nSPS) is 19.3. The van der Waals surface area contributed by atoms with Crippen molar-refractivity contribution in [2.45, 2.75) is 36.7 Å². The van der Waals surface area contributed by atoms with E-state index in [2.05, 4.69) is 9.88 Å². The fraction of sp³-hybridized carbons (Fsp3) is 0.375. The minimum atomic E-state index is -3.97. The van der Waals surface area contributed by atoms with E-state index in [1.54, 1.807) is 18.2 Å². The third-order valence-corrected chi connectivity index (χ3v) is 8.47. The van der Waals surface area contributed by atoms with Gasteiger partial charge in [0.15, 0.2) is 0 Å². The third kappa shape index (κ3) is 3.57. The number of nitrogens with one attached hydrogen (secondary N) is 1. The van der Waals surface area contributed by atoms with Crippen LogP contribution in [0.3, 0.4) is 0 Å². The van der Waals surface area contributed by atoms with Crippen LogP contribution in [0.5, 0.6) is 0 Å². The molecule has 0 bridgehead atoms. The van der Waals surface area contributed by atoms with Crippen LogP contribution < -0.4 is 4.90 Å². The molecule has 1 saturated heterocycles. The quantitative estimate of drug-likeness (QED) is 0.618. The molecule has 2 N–H and O–H groups in total. The molecule has 32 heavy (non-hydrogen) atoms. The van der Waals surface area contributed by atoms with Gasteiger partial charge in [-0.25, -0.2) is 12.7 Å². The highest BCUT2D eigenvalue weighted by Gasteiger charge is 2.35. The maximum absolute atomic E-state index is 13.3. The lowest BCUT2D eigenvalue weighted by Gasteiger charge is -2.29. The molecule has 1 aliphatic heterocycles. The van der Waals surface area contributed by atoms with E-state index in [4.69, 9.17) is 0 Å². The van der Waals surface area contributed by atoms with Gasteiger partial charge in [-0.15, -0.1) is 0 Å². The molecule has 2 fully saturated rings. The maximum atomic E-state index is 13.3. The van der Waals surface area contributed by atoms with Gasteiger partial charge in [0.05, 0.1) is 11.0 Å². The number of rotatable bonds is 5. The van der Waals surface area contributed by atoms with Crippen molar-refractivity contribution < 1.29 is 18.3 Å². The van der Waals surface area contributed by atoms with E-state index in [-0.39, 0.29) is 16.7 Å². The summed E-state index contributed by atoms with van der Waals surface area (Å²) in [6.45, 7) is 1.19. The number of anilines is 1. The number of sulfonamides is 1. The first-order valence-electron chi connectivity index (χ1n) is 11.0. The average molecular weight is 454 g/mol. The smallest absolute Gasteiger partial charge is 0.266 e. The summed E-state index contributed by atoms with van der Waals surface area (Å²) < 4.78 is 27.5. The van der Waals surface area contributed by atoms with E-state index in [0.29, 0.717) is 19.5 Å². The van der Waals surface area contributed by atoms with Gasteiger partial charge in [0.2, 0.25) is 5.91 Å². The van der Waals surface area contributed by atoms with Gasteiger partial charge in [-0.2, -0.15) is 0 Å². The lowest BCUT2D eigenvalue weighted by atomic mass is 9.85. The molecule has 1 aromatic heterocycles. The van der Waals surface area contributed by atoms with Crippen LogP contribution in [0.15, 0.2) is 53.4 Å². The van der Waals surface area contributed by atoms with Gasteiger partial charge in [0.1, 0.15) is 0 Å². The number of carbonyl (C=O) groups excluding carboxylic acids is 1. The van der Waals surface area contributed by atoms with E-state index in [9.17, 15) is 18.3 Å². The molecule has 1 saturated carbocycles.